The lowest BCUT2D eigenvalue weighted by Gasteiger charge is -2.36. The summed E-state index contributed by atoms with van der Waals surface area (Å²) < 4.78 is 5.73. The van der Waals surface area contributed by atoms with Gasteiger partial charge in [-0.05, 0) is 82.3 Å². The minimum absolute atomic E-state index is 0.483. The topological polar surface area (TPSA) is 35.6 Å². The predicted molar refractivity (Wildman–Crippen MR) is 190 cm³/mol. The highest BCUT2D eigenvalue weighted by Gasteiger charge is 2.46. The Hall–Kier alpha value is -3.24. The molecule has 0 aliphatic heterocycles. The number of alkyl halides is 2. The molecule has 0 saturated heterocycles. The van der Waals surface area contributed by atoms with Gasteiger partial charge in [-0.2, -0.15) is 0 Å². The van der Waals surface area contributed by atoms with Gasteiger partial charge in [-0.25, -0.2) is 9.97 Å². The molecule has 3 atom stereocenters. The summed E-state index contributed by atoms with van der Waals surface area (Å²) in [7, 11) is 0. The zero-order valence-corrected chi connectivity index (χ0v) is 27.8. The summed E-state index contributed by atoms with van der Waals surface area (Å²) in [5.41, 5.74) is 11.0. The van der Waals surface area contributed by atoms with Gasteiger partial charge in [0.1, 0.15) is 0 Å². The summed E-state index contributed by atoms with van der Waals surface area (Å²) >= 11 is 5.32. The van der Waals surface area contributed by atoms with Crippen molar-refractivity contribution < 1.29 is 0 Å². The zero-order valence-electron chi connectivity index (χ0n) is 23.5. The van der Waals surface area contributed by atoms with E-state index >= 15 is 0 Å². The number of aromatic nitrogens is 4. The van der Waals surface area contributed by atoms with Gasteiger partial charge >= 0.3 is 0 Å². The van der Waals surface area contributed by atoms with Crippen molar-refractivity contribution in [3.63, 3.8) is 0 Å². The van der Waals surface area contributed by atoms with Gasteiger partial charge in [0.2, 0.25) is 0 Å². The highest BCUT2D eigenvalue weighted by Crippen LogP contribution is 2.56. The van der Waals surface area contributed by atoms with Crippen LogP contribution in [0.5, 0.6) is 0 Å². The molecule has 0 bridgehead atoms. The minimum atomic E-state index is -0.483. The van der Waals surface area contributed by atoms with Crippen LogP contribution >= 0.6 is 45.2 Å². The Morgan fingerprint density at radius 1 is 0.651 bits per heavy atom. The second-order valence-corrected chi connectivity index (χ2v) is 14.8. The van der Waals surface area contributed by atoms with Crippen LogP contribution < -0.4 is 0 Å². The third kappa shape index (κ3) is 4.43. The maximum absolute atomic E-state index is 4.48. The molecular formula is C37H30I2N4. The first kappa shape index (κ1) is 27.3. The van der Waals surface area contributed by atoms with Crippen molar-refractivity contribution >= 4 is 45.2 Å². The molecule has 6 heteroatoms. The molecule has 2 aliphatic rings. The van der Waals surface area contributed by atoms with Gasteiger partial charge in [0.25, 0.3) is 0 Å². The lowest BCUT2D eigenvalue weighted by molar-refractivity contribution is 0.480. The molecule has 2 heterocycles. The van der Waals surface area contributed by atoms with Crippen LogP contribution in [-0.2, 0) is 5.41 Å². The van der Waals surface area contributed by atoms with Crippen molar-refractivity contribution in [2.75, 3.05) is 0 Å². The summed E-state index contributed by atoms with van der Waals surface area (Å²) in [6, 6.07) is 34.2. The number of rotatable bonds is 5. The average Bonchev–Trinajstić information content (AvgIpc) is 3.83. The van der Waals surface area contributed by atoms with Crippen molar-refractivity contribution in [1.29, 1.82) is 0 Å². The van der Waals surface area contributed by atoms with E-state index in [1.54, 1.807) is 0 Å². The molecule has 2 aliphatic carbocycles. The highest BCUT2D eigenvalue weighted by molar-refractivity contribution is 14.1. The Kier molecular flexibility index (Phi) is 7.01. The molecule has 1 fully saturated rings. The van der Waals surface area contributed by atoms with E-state index in [2.05, 4.69) is 161 Å². The minimum Gasteiger partial charge on any atom is -0.306 e. The molecule has 3 unspecified atom stereocenters. The summed E-state index contributed by atoms with van der Waals surface area (Å²) in [5.74, 6) is 0.531. The average molecular weight is 784 g/mol. The van der Waals surface area contributed by atoms with E-state index < -0.39 is 5.41 Å². The molecule has 43 heavy (non-hydrogen) atoms. The summed E-state index contributed by atoms with van der Waals surface area (Å²) in [5, 5.41) is 0. The van der Waals surface area contributed by atoms with Gasteiger partial charge in [0.05, 0.1) is 23.8 Å². The molecule has 0 radical (unpaired) electrons. The number of hydrogen-bond acceptors (Lipinski definition) is 2. The monoisotopic (exact) mass is 784 g/mol. The van der Waals surface area contributed by atoms with E-state index in [0.717, 1.165) is 9.61 Å². The number of nitrogens with zero attached hydrogens (tertiary/aromatic N) is 4. The van der Waals surface area contributed by atoms with E-state index in [-0.39, 0.29) is 0 Å². The Labute approximate surface area is 279 Å². The third-order valence-electron chi connectivity index (χ3n) is 9.41. The number of imidazole rings is 2. The van der Waals surface area contributed by atoms with Gasteiger partial charge in [0.15, 0.2) is 0 Å². The molecule has 6 aromatic rings. The fourth-order valence-electron chi connectivity index (χ4n) is 7.44. The Morgan fingerprint density at radius 2 is 1.33 bits per heavy atom. The molecule has 0 spiro atoms. The predicted octanol–water partition coefficient (Wildman–Crippen LogP) is 9.30. The maximum Gasteiger partial charge on any atom is 0.0991 e. The number of hydrogen-bond donors (Lipinski definition) is 0. The molecule has 4 nitrogen and oxygen atoms in total. The van der Waals surface area contributed by atoms with Crippen molar-refractivity contribution in [2.45, 2.75) is 38.4 Å². The largest absolute Gasteiger partial charge is 0.306 e. The van der Waals surface area contributed by atoms with Crippen LogP contribution in [0.4, 0.5) is 0 Å². The van der Waals surface area contributed by atoms with E-state index in [9.17, 15) is 0 Å². The van der Waals surface area contributed by atoms with Crippen molar-refractivity contribution in [3.05, 3.63) is 156 Å². The van der Waals surface area contributed by atoms with Gasteiger partial charge in [-0.3, -0.25) is 0 Å². The van der Waals surface area contributed by atoms with Crippen LogP contribution in [0.25, 0.3) is 22.5 Å². The molecular weight excluding hydrogens is 754 g/mol. The van der Waals surface area contributed by atoms with E-state index in [4.69, 9.17) is 0 Å². The highest BCUT2D eigenvalue weighted by atomic mass is 127. The van der Waals surface area contributed by atoms with Crippen LogP contribution in [0, 0.1) is 0 Å². The zero-order chi connectivity index (χ0) is 29.0. The SMILES string of the molecule is IC1CCC(c2ccc(C3(c4cccc(-n5ccnc5)c4)c4ccccc4-c4ccccc43)cc2-n2ccnc2)CC1I. The van der Waals surface area contributed by atoms with Crippen LogP contribution in [-0.4, -0.2) is 27.0 Å². The van der Waals surface area contributed by atoms with E-state index in [0.29, 0.717) is 9.84 Å². The van der Waals surface area contributed by atoms with Crippen LogP contribution in [0.3, 0.4) is 0 Å². The summed E-state index contributed by atoms with van der Waals surface area (Å²) in [4.78, 5) is 8.81. The Balaban J connectivity index is 1.41. The first-order valence-corrected chi connectivity index (χ1v) is 17.3. The quantitative estimate of drug-likeness (QED) is 0.129. The number of fused-ring (bicyclic) bond motifs is 3. The Morgan fingerprint density at radius 3 is 2.00 bits per heavy atom. The van der Waals surface area contributed by atoms with E-state index in [1.165, 1.54) is 63.9 Å². The molecule has 1 saturated carbocycles. The van der Waals surface area contributed by atoms with Crippen molar-refractivity contribution in [2.24, 2.45) is 0 Å². The smallest absolute Gasteiger partial charge is 0.0991 e. The first-order chi connectivity index (χ1) is 21.1. The molecule has 0 amide bonds. The molecule has 0 N–H and O–H groups in total. The van der Waals surface area contributed by atoms with Crippen LogP contribution in [0.1, 0.15) is 53.0 Å². The fourth-order valence-corrected chi connectivity index (χ4v) is 9.07. The normalized spacial score (nSPS) is 20.5. The van der Waals surface area contributed by atoms with Crippen LogP contribution in [0.15, 0.2) is 128 Å². The molecule has 2 aromatic heterocycles. The molecule has 212 valence electrons. The number of benzene rings is 4. The standard InChI is InChI=1S/C37H30I2N4/c38-34-15-12-25(20-35(34)39)29-14-13-27(22-36(29)43-19-17-41-24-43)37(26-6-5-7-28(21-26)42-18-16-40-23-42)32-10-3-1-8-30(32)31-9-2-4-11-33(31)37/h1-11,13-14,16-19,21-25,34-35H,12,15,20H2. The Bertz CT molecular complexity index is 1870. The summed E-state index contributed by atoms with van der Waals surface area (Å²) in [6.45, 7) is 0. The fraction of sp³-hybridized carbons (Fsp3) is 0.189. The van der Waals surface area contributed by atoms with Crippen molar-refractivity contribution in [1.82, 2.24) is 19.1 Å². The van der Waals surface area contributed by atoms with Gasteiger partial charge in [-0.1, -0.05) is 118 Å². The lowest BCUT2D eigenvalue weighted by atomic mass is 9.67. The lowest BCUT2D eigenvalue weighted by Crippen LogP contribution is -2.29. The first-order valence-electron chi connectivity index (χ1n) is 14.8. The second kappa shape index (κ2) is 11.0. The van der Waals surface area contributed by atoms with Gasteiger partial charge < -0.3 is 9.13 Å². The second-order valence-electron chi connectivity index (χ2n) is 11.6. The van der Waals surface area contributed by atoms with E-state index in [1.807, 2.05) is 31.2 Å². The van der Waals surface area contributed by atoms with Crippen LogP contribution in [0.2, 0.25) is 0 Å². The van der Waals surface area contributed by atoms with Gasteiger partial charge in [-0.15, -0.1) is 0 Å². The third-order valence-corrected chi connectivity index (χ3v) is 13.7. The van der Waals surface area contributed by atoms with Gasteiger partial charge in [0, 0.05) is 38.3 Å². The molecule has 8 rings (SSSR count). The summed E-state index contributed by atoms with van der Waals surface area (Å²) in [6.07, 6.45) is 15.4. The number of halogens is 2. The van der Waals surface area contributed by atoms with Crippen molar-refractivity contribution in [3.8, 4) is 22.5 Å². The molecule has 4 aromatic carbocycles. The maximum atomic E-state index is 4.48.